The van der Waals surface area contributed by atoms with Crippen molar-refractivity contribution < 1.29 is 9.53 Å². The van der Waals surface area contributed by atoms with Crippen molar-refractivity contribution in [2.24, 2.45) is 0 Å². The van der Waals surface area contributed by atoms with Crippen LogP contribution in [-0.2, 0) is 13.2 Å². The molecule has 0 unspecified atom stereocenters. The summed E-state index contributed by atoms with van der Waals surface area (Å²) in [6, 6.07) is 23.3. The van der Waals surface area contributed by atoms with Gasteiger partial charge >= 0.3 is 0 Å². The lowest BCUT2D eigenvalue weighted by Crippen LogP contribution is -2.31. The first-order chi connectivity index (χ1) is 14.7. The van der Waals surface area contributed by atoms with E-state index in [1.807, 2.05) is 94.5 Å². The standard InChI is InChI=1S/C25H25N3O2/c1-2-14-28(17-20-9-4-3-5-10-20)25(29)21-11-8-12-23(16-21)30-19-22-18-27-15-7-6-13-24(27)26-22/h3-13,15-16,18H,2,14,17,19H2,1H3. The van der Waals surface area contributed by atoms with Crippen LogP contribution >= 0.6 is 0 Å². The third-order valence-electron chi connectivity index (χ3n) is 4.88. The van der Waals surface area contributed by atoms with Gasteiger partial charge in [0.25, 0.3) is 5.91 Å². The Bertz CT molecular complexity index is 1090. The zero-order valence-electron chi connectivity index (χ0n) is 17.1. The van der Waals surface area contributed by atoms with Gasteiger partial charge in [-0.3, -0.25) is 4.79 Å². The number of pyridine rings is 1. The molecule has 0 aliphatic carbocycles. The molecule has 152 valence electrons. The molecule has 2 heterocycles. The van der Waals surface area contributed by atoms with Crippen LogP contribution in [0, 0.1) is 0 Å². The molecular formula is C25H25N3O2. The number of aromatic nitrogens is 2. The van der Waals surface area contributed by atoms with Crippen LogP contribution in [0.1, 0.15) is 35.0 Å². The molecule has 5 heteroatoms. The molecule has 0 saturated carbocycles. The van der Waals surface area contributed by atoms with E-state index in [1.165, 1.54) is 0 Å². The molecule has 4 rings (SSSR count). The number of amides is 1. The predicted octanol–water partition coefficient (Wildman–Crippen LogP) is 4.97. The van der Waals surface area contributed by atoms with Gasteiger partial charge in [0.2, 0.25) is 0 Å². The van der Waals surface area contributed by atoms with Crippen LogP contribution in [0.5, 0.6) is 5.75 Å². The second kappa shape index (κ2) is 9.27. The van der Waals surface area contributed by atoms with Gasteiger partial charge in [0.05, 0.1) is 5.69 Å². The van der Waals surface area contributed by atoms with Gasteiger partial charge in [-0.25, -0.2) is 4.98 Å². The molecule has 1 amide bonds. The Morgan fingerprint density at radius 2 is 1.87 bits per heavy atom. The highest BCUT2D eigenvalue weighted by Gasteiger charge is 2.16. The van der Waals surface area contributed by atoms with Crippen LogP contribution in [0.15, 0.2) is 85.2 Å². The van der Waals surface area contributed by atoms with Crippen molar-refractivity contribution in [1.82, 2.24) is 14.3 Å². The quantitative estimate of drug-likeness (QED) is 0.420. The third-order valence-corrected chi connectivity index (χ3v) is 4.88. The van der Waals surface area contributed by atoms with Crippen LogP contribution in [0.3, 0.4) is 0 Å². The fourth-order valence-electron chi connectivity index (χ4n) is 3.44. The van der Waals surface area contributed by atoms with E-state index in [9.17, 15) is 4.79 Å². The molecule has 0 saturated heterocycles. The maximum absolute atomic E-state index is 13.1. The number of fused-ring (bicyclic) bond motifs is 1. The Morgan fingerprint density at radius 1 is 1.03 bits per heavy atom. The van der Waals surface area contributed by atoms with Gasteiger partial charge in [0.15, 0.2) is 0 Å². The van der Waals surface area contributed by atoms with Crippen molar-refractivity contribution in [1.29, 1.82) is 0 Å². The minimum absolute atomic E-state index is 0.0129. The molecule has 5 nitrogen and oxygen atoms in total. The van der Waals surface area contributed by atoms with E-state index in [0.717, 1.165) is 23.3 Å². The Kier molecular flexibility index (Phi) is 6.09. The van der Waals surface area contributed by atoms with Gasteiger partial charge in [-0.15, -0.1) is 0 Å². The number of rotatable bonds is 8. The van der Waals surface area contributed by atoms with Crippen molar-refractivity contribution in [3.05, 3.63) is 102 Å². The lowest BCUT2D eigenvalue weighted by molar-refractivity contribution is 0.0742. The van der Waals surface area contributed by atoms with E-state index in [2.05, 4.69) is 11.9 Å². The Hall–Kier alpha value is -3.60. The molecule has 0 atom stereocenters. The predicted molar refractivity (Wildman–Crippen MR) is 117 cm³/mol. The van der Waals surface area contributed by atoms with E-state index in [0.29, 0.717) is 31.0 Å². The fourth-order valence-corrected chi connectivity index (χ4v) is 3.44. The molecule has 30 heavy (non-hydrogen) atoms. The minimum Gasteiger partial charge on any atom is -0.487 e. The number of hydrogen-bond acceptors (Lipinski definition) is 3. The van der Waals surface area contributed by atoms with E-state index in [1.54, 1.807) is 0 Å². The normalized spacial score (nSPS) is 10.8. The topological polar surface area (TPSA) is 46.8 Å². The van der Waals surface area contributed by atoms with Crippen molar-refractivity contribution in [2.75, 3.05) is 6.54 Å². The summed E-state index contributed by atoms with van der Waals surface area (Å²) < 4.78 is 7.89. The highest BCUT2D eigenvalue weighted by molar-refractivity contribution is 5.94. The van der Waals surface area contributed by atoms with Crippen LogP contribution in [0.2, 0.25) is 0 Å². The number of ether oxygens (including phenoxy) is 1. The second-order valence-electron chi connectivity index (χ2n) is 7.23. The average molecular weight is 399 g/mol. The average Bonchev–Trinajstić information content (AvgIpc) is 3.21. The molecule has 4 aromatic rings. The first-order valence-corrected chi connectivity index (χ1v) is 10.2. The van der Waals surface area contributed by atoms with E-state index >= 15 is 0 Å². The number of nitrogens with zero attached hydrogens (tertiary/aromatic N) is 3. The van der Waals surface area contributed by atoms with E-state index in [-0.39, 0.29) is 5.91 Å². The lowest BCUT2D eigenvalue weighted by atomic mass is 10.1. The SMILES string of the molecule is CCCN(Cc1ccccc1)C(=O)c1cccc(OCc2cn3ccccc3n2)c1. The molecule has 0 bridgehead atoms. The third kappa shape index (κ3) is 4.69. The van der Waals surface area contributed by atoms with Crippen LogP contribution in [0.25, 0.3) is 5.65 Å². The van der Waals surface area contributed by atoms with Gasteiger partial charge in [0.1, 0.15) is 18.0 Å². The number of benzene rings is 2. The maximum atomic E-state index is 13.1. The van der Waals surface area contributed by atoms with Gasteiger partial charge in [-0.2, -0.15) is 0 Å². The molecule has 0 aliphatic rings. The van der Waals surface area contributed by atoms with Crippen molar-refractivity contribution in [3.63, 3.8) is 0 Å². The summed E-state index contributed by atoms with van der Waals surface area (Å²) in [5.74, 6) is 0.674. The Balaban J connectivity index is 1.46. The summed E-state index contributed by atoms with van der Waals surface area (Å²) >= 11 is 0. The summed E-state index contributed by atoms with van der Waals surface area (Å²) in [7, 11) is 0. The largest absolute Gasteiger partial charge is 0.487 e. The van der Waals surface area contributed by atoms with E-state index in [4.69, 9.17) is 4.74 Å². The Morgan fingerprint density at radius 3 is 2.67 bits per heavy atom. The molecule has 0 N–H and O–H groups in total. The summed E-state index contributed by atoms with van der Waals surface area (Å²) in [4.78, 5) is 19.6. The van der Waals surface area contributed by atoms with E-state index < -0.39 is 0 Å². The van der Waals surface area contributed by atoms with Crippen molar-refractivity contribution in [3.8, 4) is 5.75 Å². The van der Waals surface area contributed by atoms with Crippen LogP contribution < -0.4 is 4.74 Å². The van der Waals surface area contributed by atoms with Gasteiger partial charge in [-0.1, -0.05) is 49.4 Å². The van der Waals surface area contributed by atoms with Gasteiger partial charge < -0.3 is 14.0 Å². The monoisotopic (exact) mass is 399 g/mol. The number of carbonyl (C=O) groups is 1. The summed E-state index contributed by atoms with van der Waals surface area (Å²) in [5.41, 5.74) is 3.48. The lowest BCUT2D eigenvalue weighted by Gasteiger charge is -2.22. The molecular weight excluding hydrogens is 374 g/mol. The molecule has 2 aromatic heterocycles. The van der Waals surface area contributed by atoms with Gasteiger partial charge in [-0.05, 0) is 42.3 Å². The molecule has 0 fully saturated rings. The van der Waals surface area contributed by atoms with Crippen LogP contribution in [0.4, 0.5) is 0 Å². The highest BCUT2D eigenvalue weighted by Crippen LogP contribution is 2.18. The zero-order chi connectivity index (χ0) is 20.8. The number of carbonyl (C=O) groups excluding carboxylic acids is 1. The molecule has 0 radical (unpaired) electrons. The van der Waals surface area contributed by atoms with Crippen LogP contribution in [-0.4, -0.2) is 26.7 Å². The van der Waals surface area contributed by atoms with Gasteiger partial charge in [0, 0.05) is 31.0 Å². The minimum atomic E-state index is 0.0129. The summed E-state index contributed by atoms with van der Waals surface area (Å²) in [6.45, 7) is 3.74. The molecule has 2 aromatic carbocycles. The first kappa shape index (κ1) is 19.7. The van der Waals surface area contributed by atoms with Crippen molar-refractivity contribution >= 4 is 11.6 Å². The number of hydrogen-bond donors (Lipinski definition) is 0. The smallest absolute Gasteiger partial charge is 0.254 e. The maximum Gasteiger partial charge on any atom is 0.254 e. The zero-order valence-corrected chi connectivity index (χ0v) is 17.1. The first-order valence-electron chi connectivity index (χ1n) is 10.2. The highest BCUT2D eigenvalue weighted by atomic mass is 16.5. The summed E-state index contributed by atoms with van der Waals surface area (Å²) in [5, 5.41) is 0. The fraction of sp³-hybridized carbons (Fsp3) is 0.200. The summed E-state index contributed by atoms with van der Waals surface area (Å²) in [6.07, 6.45) is 4.82. The molecule has 0 aliphatic heterocycles. The van der Waals surface area contributed by atoms with Crippen molar-refractivity contribution in [2.45, 2.75) is 26.5 Å². The molecule has 0 spiro atoms. The second-order valence-corrected chi connectivity index (χ2v) is 7.23. The number of imidazole rings is 1. The Labute approximate surface area is 176 Å².